The largest absolute Gasteiger partial charge is 0.462 e. The lowest BCUT2D eigenvalue weighted by molar-refractivity contribution is 0.0532. The predicted molar refractivity (Wildman–Crippen MR) is 138 cm³/mol. The number of carbonyl (C=O) groups is 1. The molecule has 0 spiro atoms. The van der Waals surface area contributed by atoms with Gasteiger partial charge in [-0.2, -0.15) is 4.68 Å². The predicted octanol–water partition coefficient (Wildman–Crippen LogP) is 4.31. The molecular formula is C25H20ClN7O3S. The molecule has 0 radical (unpaired) electrons. The number of benzene rings is 1. The minimum absolute atomic E-state index is 0.117. The molecule has 1 atom stereocenters. The number of aromatic amines is 1. The maximum atomic E-state index is 13.4. The molecule has 186 valence electrons. The van der Waals surface area contributed by atoms with Gasteiger partial charge in [-0.15, -0.1) is 16.4 Å². The first kappa shape index (κ1) is 23.3. The number of imidazole rings is 1. The van der Waals surface area contributed by atoms with Gasteiger partial charge in [-0.3, -0.25) is 4.79 Å². The molecule has 1 aliphatic rings. The summed E-state index contributed by atoms with van der Waals surface area (Å²) in [7, 11) is 0. The van der Waals surface area contributed by atoms with Gasteiger partial charge in [0.15, 0.2) is 0 Å². The van der Waals surface area contributed by atoms with Gasteiger partial charge in [-0.05, 0) is 66.1 Å². The zero-order chi connectivity index (χ0) is 25.5. The molecule has 12 heteroatoms. The average molecular weight is 534 g/mol. The summed E-state index contributed by atoms with van der Waals surface area (Å²) in [6, 6.07) is 10.6. The zero-order valence-corrected chi connectivity index (χ0v) is 21.2. The Hall–Kier alpha value is -4.09. The summed E-state index contributed by atoms with van der Waals surface area (Å²) in [5.74, 6) is 0.297. The number of pyridine rings is 1. The topological polar surface area (TPSA) is 121 Å². The van der Waals surface area contributed by atoms with Crippen molar-refractivity contribution in [3.8, 4) is 28.2 Å². The number of ether oxygens (including phenoxy) is 1. The van der Waals surface area contributed by atoms with E-state index < -0.39 is 0 Å². The number of fused-ring (bicyclic) bond motifs is 1. The summed E-state index contributed by atoms with van der Waals surface area (Å²) >= 11 is 7.61. The molecule has 1 aliphatic heterocycles. The molecule has 5 aromatic rings. The summed E-state index contributed by atoms with van der Waals surface area (Å²) in [5.41, 5.74) is 4.69. The first-order valence-electron chi connectivity index (χ1n) is 11.6. The van der Waals surface area contributed by atoms with Gasteiger partial charge in [0.05, 0.1) is 30.2 Å². The lowest BCUT2D eigenvalue weighted by Crippen LogP contribution is -2.23. The van der Waals surface area contributed by atoms with E-state index in [-0.39, 0.29) is 17.6 Å². The highest BCUT2D eigenvalue weighted by atomic mass is 35.5. The summed E-state index contributed by atoms with van der Waals surface area (Å²) in [6.45, 7) is 2.10. The Labute approximate surface area is 219 Å². The number of rotatable bonds is 6. The number of esters is 1. The second-order valence-electron chi connectivity index (χ2n) is 8.52. The molecule has 0 bridgehead atoms. The van der Waals surface area contributed by atoms with E-state index in [2.05, 4.69) is 25.5 Å². The van der Waals surface area contributed by atoms with E-state index in [0.29, 0.717) is 22.3 Å². The van der Waals surface area contributed by atoms with Crippen molar-refractivity contribution < 1.29 is 9.53 Å². The van der Waals surface area contributed by atoms with Crippen LogP contribution in [0.1, 0.15) is 40.4 Å². The first-order valence-corrected chi connectivity index (χ1v) is 12.9. The molecule has 6 rings (SSSR count). The van der Waals surface area contributed by atoms with E-state index in [1.54, 1.807) is 40.6 Å². The van der Waals surface area contributed by atoms with Crippen LogP contribution in [0.3, 0.4) is 0 Å². The molecule has 0 saturated heterocycles. The Kier molecular flexibility index (Phi) is 5.93. The number of hydrogen-bond donors (Lipinski definition) is 1. The number of thiophene rings is 1. The molecule has 10 nitrogen and oxygen atoms in total. The Bertz CT molecular complexity index is 1670. The molecule has 1 aromatic carbocycles. The highest BCUT2D eigenvalue weighted by Gasteiger charge is 2.27. The maximum Gasteiger partial charge on any atom is 0.348 e. The molecule has 0 amide bonds. The van der Waals surface area contributed by atoms with Crippen LogP contribution in [0.5, 0.6) is 0 Å². The van der Waals surface area contributed by atoms with Gasteiger partial charge >= 0.3 is 5.97 Å². The number of hydrogen-bond acceptors (Lipinski definition) is 8. The molecule has 1 unspecified atom stereocenters. The van der Waals surface area contributed by atoms with Crippen molar-refractivity contribution in [2.75, 3.05) is 6.61 Å². The normalized spacial score (nSPS) is 14.6. The van der Waals surface area contributed by atoms with Crippen molar-refractivity contribution in [2.45, 2.75) is 25.8 Å². The van der Waals surface area contributed by atoms with Gasteiger partial charge in [0, 0.05) is 33.3 Å². The van der Waals surface area contributed by atoms with Crippen LogP contribution >= 0.6 is 22.9 Å². The Morgan fingerprint density at radius 1 is 1.24 bits per heavy atom. The number of H-pyrrole nitrogens is 1. The van der Waals surface area contributed by atoms with Crippen molar-refractivity contribution in [1.82, 2.24) is 34.7 Å². The number of nitrogens with zero attached hydrogens (tertiary/aromatic N) is 6. The zero-order valence-electron chi connectivity index (χ0n) is 19.6. The third kappa shape index (κ3) is 4.25. The standard InChI is InChI=1S/C25H20ClN7O3S/c1-2-36-25(35)22-8-15(12-37-22)24-27-11-19(29-24)21-6-4-17-7-14(9-23(34)33(17)21)18-10-16(26)3-5-20(18)32-13-28-30-31-32/h3,5,7-13,21H,2,4,6H2,1H3,(H,27,29). The van der Waals surface area contributed by atoms with Crippen LogP contribution in [-0.4, -0.2) is 47.3 Å². The van der Waals surface area contributed by atoms with Crippen molar-refractivity contribution in [3.63, 3.8) is 0 Å². The van der Waals surface area contributed by atoms with Crippen LogP contribution < -0.4 is 5.56 Å². The monoisotopic (exact) mass is 533 g/mol. The summed E-state index contributed by atoms with van der Waals surface area (Å²) < 4.78 is 8.43. The number of tetrazole rings is 1. The summed E-state index contributed by atoms with van der Waals surface area (Å²) in [5, 5.41) is 13.8. The fourth-order valence-corrected chi connectivity index (χ4v) is 5.63. The Morgan fingerprint density at radius 2 is 2.14 bits per heavy atom. The third-order valence-electron chi connectivity index (χ3n) is 6.30. The van der Waals surface area contributed by atoms with Crippen LogP contribution in [0.15, 0.2) is 59.1 Å². The van der Waals surface area contributed by atoms with E-state index in [9.17, 15) is 9.59 Å². The van der Waals surface area contributed by atoms with E-state index in [4.69, 9.17) is 16.3 Å². The van der Waals surface area contributed by atoms with Crippen LogP contribution in [0.4, 0.5) is 0 Å². The highest BCUT2D eigenvalue weighted by Crippen LogP contribution is 2.35. The molecule has 0 saturated carbocycles. The molecular weight excluding hydrogens is 514 g/mol. The molecule has 4 aromatic heterocycles. The Balaban J connectivity index is 1.33. The van der Waals surface area contributed by atoms with Crippen LogP contribution in [0.25, 0.3) is 28.2 Å². The SMILES string of the molecule is CCOC(=O)c1cc(-c2ncc(C3CCc4cc(-c5cc(Cl)ccc5-n5cnnn5)cc(=O)n43)[nH]2)cs1. The van der Waals surface area contributed by atoms with Gasteiger partial charge in [0.2, 0.25) is 0 Å². The van der Waals surface area contributed by atoms with Crippen LogP contribution in [0.2, 0.25) is 5.02 Å². The molecule has 5 heterocycles. The van der Waals surface area contributed by atoms with Gasteiger partial charge in [-0.1, -0.05) is 11.6 Å². The Morgan fingerprint density at radius 3 is 2.95 bits per heavy atom. The maximum absolute atomic E-state index is 13.4. The molecule has 1 N–H and O–H groups in total. The smallest absolute Gasteiger partial charge is 0.348 e. The lowest BCUT2D eigenvalue weighted by Gasteiger charge is -2.15. The number of carbonyl (C=O) groups excluding carboxylic acids is 1. The van der Waals surface area contributed by atoms with Gasteiger partial charge in [-0.25, -0.2) is 9.78 Å². The second-order valence-corrected chi connectivity index (χ2v) is 9.87. The van der Waals surface area contributed by atoms with E-state index in [0.717, 1.165) is 46.6 Å². The third-order valence-corrected chi connectivity index (χ3v) is 7.45. The van der Waals surface area contributed by atoms with Crippen molar-refractivity contribution >= 4 is 28.9 Å². The molecule has 0 aliphatic carbocycles. The summed E-state index contributed by atoms with van der Waals surface area (Å²) in [4.78, 5) is 33.8. The van der Waals surface area contributed by atoms with Crippen LogP contribution in [0, 0.1) is 0 Å². The minimum Gasteiger partial charge on any atom is -0.462 e. The number of aryl methyl sites for hydroxylation is 1. The average Bonchev–Trinajstić information content (AvgIpc) is 3.69. The summed E-state index contributed by atoms with van der Waals surface area (Å²) in [6.07, 6.45) is 4.74. The van der Waals surface area contributed by atoms with E-state index in [1.807, 2.05) is 23.6 Å². The van der Waals surface area contributed by atoms with Gasteiger partial charge in [0.1, 0.15) is 17.0 Å². The fourth-order valence-electron chi connectivity index (χ4n) is 4.68. The number of halogens is 1. The van der Waals surface area contributed by atoms with Crippen LogP contribution in [-0.2, 0) is 11.2 Å². The van der Waals surface area contributed by atoms with Gasteiger partial charge in [0.25, 0.3) is 5.56 Å². The number of aromatic nitrogens is 7. The minimum atomic E-state index is -0.347. The van der Waals surface area contributed by atoms with Crippen molar-refractivity contribution in [2.24, 2.45) is 0 Å². The van der Waals surface area contributed by atoms with Gasteiger partial charge < -0.3 is 14.3 Å². The number of nitrogens with one attached hydrogen (secondary N) is 1. The molecule has 37 heavy (non-hydrogen) atoms. The van der Waals surface area contributed by atoms with Crippen molar-refractivity contribution in [3.05, 3.63) is 85.9 Å². The first-order chi connectivity index (χ1) is 18.0. The fraction of sp³-hybridized carbons (Fsp3) is 0.200. The van der Waals surface area contributed by atoms with Crippen molar-refractivity contribution in [1.29, 1.82) is 0 Å². The van der Waals surface area contributed by atoms with E-state index in [1.165, 1.54) is 17.7 Å². The quantitative estimate of drug-likeness (QED) is 0.323. The highest BCUT2D eigenvalue weighted by molar-refractivity contribution is 7.12. The van der Waals surface area contributed by atoms with E-state index >= 15 is 0 Å². The lowest BCUT2D eigenvalue weighted by atomic mass is 10.0. The second kappa shape index (κ2) is 9.41. The molecule has 0 fully saturated rings.